The summed E-state index contributed by atoms with van der Waals surface area (Å²) < 4.78 is 79.1. The molecular weight excluding hydrogens is 472 g/mol. The molecule has 0 spiro atoms. The van der Waals surface area contributed by atoms with Gasteiger partial charge in [-0.1, -0.05) is 102 Å². The first kappa shape index (κ1) is 14.3. The van der Waals surface area contributed by atoms with Crippen LogP contribution in [0.3, 0.4) is 0 Å². The van der Waals surface area contributed by atoms with E-state index >= 15 is 0 Å². The van der Waals surface area contributed by atoms with Gasteiger partial charge in [-0.3, -0.25) is 0 Å². The van der Waals surface area contributed by atoms with Crippen LogP contribution in [0.4, 0.5) is 11.4 Å². The smallest absolute Gasteiger partial charge is 0.0645 e. The maximum Gasteiger partial charge on any atom is 0.0645 e. The highest BCUT2D eigenvalue weighted by Crippen LogP contribution is 2.39. The van der Waals surface area contributed by atoms with E-state index in [1.54, 1.807) is 10.6 Å². The minimum absolute atomic E-state index is 0.0312. The molecule has 37 heavy (non-hydrogen) atoms. The second-order valence-corrected chi connectivity index (χ2v) is 8.98. The molecule has 0 atom stereocenters. The third-order valence-electron chi connectivity index (χ3n) is 6.39. The third-order valence-corrected chi connectivity index (χ3v) is 6.72. The third kappa shape index (κ3) is 3.74. The van der Waals surface area contributed by atoms with Crippen molar-refractivity contribution < 1.29 is 12.3 Å². The zero-order valence-corrected chi connectivity index (χ0v) is 20.1. The van der Waals surface area contributed by atoms with E-state index in [2.05, 4.69) is 5.32 Å². The molecule has 1 aromatic heterocycles. The Hall–Kier alpha value is -4.53. The Bertz CT molecular complexity index is 2360. The average molecular weight is 504 g/mol. The van der Waals surface area contributed by atoms with Crippen LogP contribution in [0.2, 0.25) is 5.02 Å². The van der Waals surface area contributed by atoms with Gasteiger partial charge in [0.2, 0.25) is 0 Å². The first-order chi connectivity index (χ1) is 22.0. The lowest BCUT2D eigenvalue weighted by atomic mass is 10.0. The average Bonchev–Trinajstić information content (AvgIpc) is 3.38. The van der Waals surface area contributed by atoms with Gasteiger partial charge in [-0.25, -0.2) is 0 Å². The van der Waals surface area contributed by atoms with E-state index in [9.17, 15) is 0 Å². The highest BCUT2D eigenvalue weighted by molar-refractivity contribution is 6.33. The molecule has 7 rings (SSSR count). The van der Waals surface area contributed by atoms with Gasteiger partial charge in [-0.2, -0.15) is 0 Å². The molecule has 0 aliphatic rings. The van der Waals surface area contributed by atoms with Gasteiger partial charge in [-0.15, -0.1) is 0 Å². The van der Waals surface area contributed by atoms with Crippen molar-refractivity contribution in [2.45, 2.75) is 0 Å². The lowest BCUT2D eigenvalue weighted by Gasteiger charge is -2.12. The number of aromatic nitrogens is 1. The zero-order chi connectivity index (χ0) is 32.6. The fraction of sp³-hybridized carbons (Fsp3) is 0. The van der Waals surface area contributed by atoms with Gasteiger partial charge in [0.05, 0.1) is 34.1 Å². The van der Waals surface area contributed by atoms with Crippen LogP contribution in [0.15, 0.2) is 133 Å². The monoisotopic (exact) mass is 503 g/mol. The highest BCUT2D eigenvalue weighted by Gasteiger charge is 2.16. The van der Waals surface area contributed by atoms with Crippen molar-refractivity contribution in [1.29, 1.82) is 0 Å². The number of nitrogens with zero attached hydrogens (tertiary/aromatic N) is 1. The Morgan fingerprint density at radius 2 is 1.41 bits per heavy atom. The largest absolute Gasteiger partial charge is 0.354 e. The number of anilines is 2. The summed E-state index contributed by atoms with van der Waals surface area (Å²) in [5.74, 6) is 0. The fourth-order valence-corrected chi connectivity index (χ4v) is 4.92. The number of halogens is 1. The number of nitrogens with one attached hydrogen (secondary N) is 1. The SMILES string of the molecule is [2H]c1c([2H])c([2H])c(-c2c([2H])c([2H])c(-n3c4cc(Nc5ccccc5Cl)ccc4c4c5ccccc5ccc43)c([2H])c2[2H])c([2H])c1[2H]. The maximum atomic E-state index is 9.17. The normalized spacial score (nSPS) is 14.8. The molecule has 0 amide bonds. The molecule has 1 N–H and O–H groups in total. The highest BCUT2D eigenvalue weighted by atomic mass is 35.5. The van der Waals surface area contributed by atoms with Crippen LogP contribution in [-0.4, -0.2) is 4.57 Å². The van der Waals surface area contributed by atoms with Gasteiger partial charge in [0.25, 0.3) is 0 Å². The summed E-state index contributed by atoms with van der Waals surface area (Å²) in [6.07, 6.45) is 0. The molecule has 6 aromatic carbocycles. The fourth-order valence-electron chi connectivity index (χ4n) is 4.74. The summed E-state index contributed by atoms with van der Waals surface area (Å²) in [6.45, 7) is 0. The van der Waals surface area contributed by atoms with Crippen molar-refractivity contribution in [1.82, 2.24) is 4.57 Å². The molecule has 0 aliphatic carbocycles. The number of hydrogen-bond acceptors (Lipinski definition) is 1. The minimum Gasteiger partial charge on any atom is -0.354 e. The Balaban J connectivity index is 1.57. The van der Waals surface area contributed by atoms with Gasteiger partial charge in [0.1, 0.15) is 0 Å². The summed E-state index contributed by atoms with van der Waals surface area (Å²) in [4.78, 5) is 0. The molecule has 0 fully saturated rings. The first-order valence-electron chi connectivity index (χ1n) is 16.2. The zero-order valence-electron chi connectivity index (χ0n) is 28.3. The van der Waals surface area contributed by atoms with Gasteiger partial charge in [0, 0.05) is 22.1 Å². The number of para-hydroxylation sites is 1. The van der Waals surface area contributed by atoms with Crippen LogP contribution in [0.1, 0.15) is 12.3 Å². The second-order valence-electron chi connectivity index (χ2n) is 8.58. The molecule has 0 unspecified atom stereocenters. The number of fused-ring (bicyclic) bond motifs is 5. The van der Waals surface area contributed by atoms with Crippen molar-refractivity contribution in [2.75, 3.05) is 5.32 Å². The van der Waals surface area contributed by atoms with Crippen molar-refractivity contribution in [3.63, 3.8) is 0 Å². The molecule has 3 heteroatoms. The van der Waals surface area contributed by atoms with Gasteiger partial charge in [-0.05, 0) is 64.3 Å². The Kier molecular flexibility index (Phi) is 3.41. The van der Waals surface area contributed by atoms with Crippen LogP contribution in [0.25, 0.3) is 49.4 Å². The number of hydrogen-bond donors (Lipinski definition) is 1. The van der Waals surface area contributed by atoms with Crippen molar-refractivity contribution >= 4 is 55.6 Å². The molecule has 1 heterocycles. The summed E-state index contributed by atoms with van der Waals surface area (Å²) in [6, 6.07) is 19.8. The van der Waals surface area contributed by atoms with Crippen LogP contribution < -0.4 is 5.32 Å². The first-order valence-corrected chi connectivity index (χ1v) is 12.0. The van der Waals surface area contributed by atoms with E-state index in [-0.39, 0.29) is 16.8 Å². The summed E-state index contributed by atoms with van der Waals surface area (Å²) in [5, 5.41) is 7.48. The topological polar surface area (TPSA) is 17.0 Å². The van der Waals surface area contributed by atoms with E-state index in [1.807, 2.05) is 72.8 Å². The Morgan fingerprint density at radius 1 is 0.649 bits per heavy atom. The van der Waals surface area contributed by atoms with Crippen molar-refractivity contribution in [2.24, 2.45) is 0 Å². The van der Waals surface area contributed by atoms with Crippen molar-refractivity contribution in [3.8, 4) is 16.8 Å². The quantitative estimate of drug-likeness (QED) is 0.253. The lowest BCUT2D eigenvalue weighted by molar-refractivity contribution is 1.18. The number of benzene rings is 6. The maximum absolute atomic E-state index is 9.17. The summed E-state index contributed by atoms with van der Waals surface area (Å²) >= 11 is 6.42. The molecule has 0 bridgehead atoms. The Morgan fingerprint density at radius 3 is 2.24 bits per heavy atom. The predicted octanol–water partition coefficient (Wildman–Crippen LogP) is 10.0. The van der Waals surface area contributed by atoms with Crippen LogP contribution >= 0.6 is 11.6 Å². The second kappa shape index (κ2) is 8.85. The van der Waals surface area contributed by atoms with Crippen molar-refractivity contribution in [3.05, 3.63) is 138 Å². The molecule has 7 aromatic rings. The molecular formula is C34H23ClN2. The van der Waals surface area contributed by atoms with E-state index in [1.165, 1.54) is 0 Å². The van der Waals surface area contributed by atoms with Gasteiger partial charge >= 0.3 is 0 Å². The predicted molar refractivity (Wildman–Crippen MR) is 158 cm³/mol. The summed E-state index contributed by atoms with van der Waals surface area (Å²) in [5.41, 5.74) is 1.86. The molecule has 0 aliphatic heterocycles. The molecule has 0 radical (unpaired) electrons. The molecule has 2 nitrogen and oxygen atoms in total. The molecule has 176 valence electrons. The van der Waals surface area contributed by atoms with E-state index in [0.29, 0.717) is 27.4 Å². The summed E-state index contributed by atoms with van der Waals surface area (Å²) in [7, 11) is 0. The minimum atomic E-state index is -0.621. The molecule has 0 saturated carbocycles. The van der Waals surface area contributed by atoms with Crippen LogP contribution in [0, 0.1) is 0 Å². The van der Waals surface area contributed by atoms with Crippen LogP contribution in [0.5, 0.6) is 0 Å². The molecule has 0 saturated heterocycles. The van der Waals surface area contributed by atoms with Crippen LogP contribution in [-0.2, 0) is 0 Å². The van der Waals surface area contributed by atoms with E-state index in [4.69, 9.17) is 23.9 Å². The van der Waals surface area contributed by atoms with Gasteiger partial charge in [0.15, 0.2) is 0 Å². The number of rotatable bonds is 4. The van der Waals surface area contributed by atoms with E-state index < -0.39 is 54.4 Å². The standard InChI is InChI=1S/C34H23ClN2/c35-30-12-6-7-13-31(30)36-26-17-20-29-33(22-26)37(32-21-16-25-10-4-5-11-28(25)34(29)32)27-18-14-24(15-19-27)23-8-2-1-3-9-23/h1-22,36H/i1D,2D,3D,8D,9D,14D,15D,18D,19D. The van der Waals surface area contributed by atoms with Gasteiger partial charge < -0.3 is 9.88 Å². The lowest BCUT2D eigenvalue weighted by Crippen LogP contribution is -1.95. The van der Waals surface area contributed by atoms with E-state index in [0.717, 1.165) is 21.5 Å². The Labute approximate surface area is 233 Å².